The molecule has 0 radical (unpaired) electrons. The van der Waals surface area contributed by atoms with Gasteiger partial charge in [-0.15, -0.1) is 0 Å². The van der Waals surface area contributed by atoms with Crippen LogP contribution in [0.25, 0.3) is 0 Å². The number of hydrogen-bond acceptors (Lipinski definition) is 5. The summed E-state index contributed by atoms with van der Waals surface area (Å²) in [6, 6.07) is 2.40. The van der Waals surface area contributed by atoms with Crippen molar-refractivity contribution in [1.82, 2.24) is 0 Å². The van der Waals surface area contributed by atoms with Gasteiger partial charge in [0.05, 0.1) is 10.5 Å². The van der Waals surface area contributed by atoms with E-state index in [1.807, 2.05) is 0 Å². The third-order valence-electron chi connectivity index (χ3n) is 2.40. The minimum atomic E-state index is -4.06. The van der Waals surface area contributed by atoms with Gasteiger partial charge in [-0.05, 0) is 45.4 Å². The van der Waals surface area contributed by atoms with Gasteiger partial charge in [-0.2, -0.15) is 0 Å². The Labute approximate surface area is 122 Å². The van der Waals surface area contributed by atoms with Gasteiger partial charge in [0.25, 0.3) is 9.05 Å². The van der Waals surface area contributed by atoms with E-state index in [9.17, 15) is 18.0 Å². The molecule has 0 N–H and O–H groups in total. The molecule has 1 rings (SSSR count). The Bertz CT molecular complexity index is 656. The molecule has 1 aromatic rings. The third kappa shape index (κ3) is 4.05. The summed E-state index contributed by atoms with van der Waals surface area (Å²) >= 11 is 0. The molecule has 0 aliphatic carbocycles. The van der Waals surface area contributed by atoms with Crippen molar-refractivity contribution in [2.24, 2.45) is 0 Å². The average molecular weight is 319 g/mol. The van der Waals surface area contributed by atoms with E-state index in [1.54, 1.807) is 20.8 Å². The van der Waals surface area contributed by atoms with Crippen LogP contribution in [0.3, 0.4) is 0 Å². The summed E-state index contributed by atoms with van der Waals surface area (Å²) in [6.45, 7) is 6.48. The van der Waals surface area contributed by atoms with Crippen molar-refractivity contribution in [3.63, 3.8) is 0 Å². The molecule has 0 heterocycles. The van der Waals surface area contributed by atoms with Crippen molar-refractivity contribution in [2.75, 3.05) is 0 Å². The first-order valence-electron chi connectivity index (χ1n) is 5.73. The van der Waals surface area contributed by atoms with Crippen molar-refractivity contribution < 1.29 is 22.7 Å². The second kappa shape index (κ2) is 5.54. The molecule has 0 fully saturated rings. The van der Waals surface area contributed by atoms with Gasteiger partial charge in [-0.3, -0.25) is 4.79 Å². The summed E-state index contributed by atoms with van der Waals surface area (Å²) < 4.78 is 28.1. The molecule has 0 aliphatic rings. The van der Waals surface area contributed by atoms with Crippen LogP contribution >= 0.6 is 10.7 Å². The lowest BCUT2D eigenvalue weighted by Crippen LogP contribution is -2.24. The first-order chi connectivity index (χ1) is 8.95. The van der Waals surface area contributed by atoms with Crippen molar-refractivity contribution in [3.8, 4) is 0 Å². The normalized spacial score (nSPS) is 12.1. The van der Waals surface area contributed by atoms with Crippen LogP contribution in [0, 0.1) is 6.92 Å². The number of carbonyl (C=O) groups excluding carboxylic acids is 2. The number of benzene rings is 1. The van der Waals surface area contributed by atoms with Gasteiger partial charge < -0.3 is 4.74 Å². The molecule has 0 saturated heterocycles. The lowest BCUT2D eigenvalue weighted by Gasteiger charge is -2.20. The largest absolute Gasteiger partial charge is 0.456 e. The second-order valence-corrected chi connectivity index (χ2v) is 7.78. The van der Waals surface area contributed by atoms with Gasteiger partial charge in [0.1, 0.15) is 11.9 Å². The molecule has 0 atom stereocenters. The molecule has 0 aliphatic heterocycles. The zero-order chi connectivity index (χ0) is 15.7. The molecule has 5 nitrogen and oxygen atoms in total. The molecule has 7 heteroatoms. The number of carbonyl (C=O) groups is 2. The van der Waals surface area contributed by atoms with E-state index in [4.69, 9.17) is 15.4 Å². The van der Waals surface area contributed by atoms with E-state index in [1.165, 1.54) is 13.0 Å². The quantitative estimate of drug-likeness (QED) is 0.486. The molecule has 0 amide bonds. The fourth-order valence-corrected chi connectivity index (χ4v) is 2.81. The Kier molecular flexibility index (Phi) is 4.61. The summed E-state index contributed by atoms with van der Waals surface area (Å²) in [5.74, 6) is -0.708. The summed E-state index contributed by atoms with van der Waals surface area (Å²) in [4.78, 5) is 22.6. The van der Waals surface area contributed by atoms with Crippen LogP contribution in [0.1, 0.15) is 47.1 Å². The monoisotopic (exact) mass is 318 g/mol. The van der Waals surface area contributed by atoms with Crippen molar-refractivity contribution in [3.05, 3.63) is 28.8 Å². The van der Waals surface area contributed by atoms with Crippen LogP contribution < -0.4 is 0 Å². The van der Waals surface area contributed by atoms with Crippen molar-refractivity contribution in [2.45, 2.75) is 38.2 Å². The summed E-state index contributed by atoms with van der Waals surface area (Å²) in [6.07, 6.45) is 0.443. The molecular formula is C13H15ClO5S. The summed E-state index contributed by atoms with van der Waals surface area (Å²) in [7, 11) is 1.25. The molecule has 0 bridgehead atoms. The number of halogens is 1. The van der Waals surface area contributed by atoms with Gasteiger partial charge >= 0.3 is 5.97 Å². The van der Waals surface area contributed by atoms with Crippen LogP contribution in [0.15, 0.2) is 17.0 Å². The Balaban J connectivity index is 3.48. The molecule has 0 saturated carbocycles. The highest BCUT2D eigenvalue weighted by Crippen LogP contribution is 2.25. The molecule has 0 unspecified atom stereocenters. The lowest BCUT2D eigenvalue weighted by molar-refractivity contribution is 0.00684. The van der Waals surface area contributed by atoms with Gasteiger partial charge in [0, 0.05) is 16.2 Å². The van der Waals surface area contributed by atoms with E-state index >= 15 is 0 Å². The summed E-state index contributed by atoms with van der Waals surface area (Å²) in [5.41, 5.74) is -0.542. The Hall–Kier alpha value is -1.40. The van der Waals surface area contributed by atoms with Crippen molar-refractivity contribution >= 4 is 32.0 Å². The lowest BCUT2D eigenvalue weighted by atomic mass is 10.0. The number of ether oxygens (including phenoxy) is 1. The molecule has 20 heavy (non-hydrogen) atoms. The topological polar surface area (TPSA) is 77.5 Å². The smallest absolute Gasteiger partial charge is 0.338 e. The van der Waals surface area contributed by atoms with E-state index in [0.29, 0.717) is 6.29 Å². The molecule has 1 aromatic carbocycles. The zero-order valence-corrected chi connectivity index (χ0v) is 13.1. The predicted molar refractivity (Wildman–Crippen MR) is 74.8 cm³/mol. The maximum atomic E-state index is 12.1. The van der Waals surface area contributed by atoms with Crippen LogP contribution in [0.5, 0.6) is 0 Å². The van der Waals surface area contributed by atoms with Crippen molar-refractivity contribution in [1.29, 1.82) is 0 Å². The van der Waals surface area contributed by atoms with Gasteiger partial charge in [-0.25, -0.2) is 13.2 Å². The van der Waals surface area contributed by atoms with E-state index in [-0.39, 0.29) is 21.6 Å². The highest BCUT2D eigenvalue weighted by Gasteiger charge is 2.24. The minimum absolute atomic E-state index is 0.00347. The SMILES string of the molecule is Cc1c(C(=O)OC(C)(C)C)cc(C=O)cc1S(=O)(=O)Cl. The highest BCUT2D eigenvalue weighted by molar-refractivity contribution is 8.13. The summed E-state index contributed by atoms with van der Waals surface area (Å²) in [5, 5.41) is 0. The molecule has 0 aromatic heterocycles. The fraction of sp³-hybridized carbons (Fsp3) is 0.385. The first kappa shape index (κ1) is 16.7. The number of aldehydes is 1. The molecular weight excluding hydrogens is 304 g/mol. The van der Waals surface area contributed by atoms with Gasteiger partial charge in [0.15, 0.2) is 0 Å². The Morgan fingerprint density at radius 3 is 2.25 bits per heavy atom. The van der Waals surface area contributed by atoms with E-state index in [0.717, 1.165) is 6.07 Å². The maximum Gasteiger partial charge on any atom is 0.338 e. The maximum absolute atomic E-state index is 12.1. The van der Waals surface area contributed by atoms with E-state index in [2.05, 4.69) is 0 Å². The third-order valence-corrected chi connectivity index (χ3v) is 3.85. The number of hydrogen-bond donors (Lipinski definition) is 0. The Morgan fingerprint density at radius 1 is 1.30 bits per heavy atom. The standard InChI is InChI=1S/C13H15ClO5S/c1-8-10(12(16)19-13(2,3)4)5-9(7-15)6-11(8)20(14,17)18/h5-7H,1-4H3. The molecule has 0 spiro atoms. The van der Waals surface area contributed by atoms with E-state index < -0.39 is 20.6 Å². The minimum Gasteiger partial charge on any atom is -0.456 e. The van der Waals surface area contributed by atoms with Crippen LogP contribution in [-0.2, 0) is 13.8 Å². The fourth-order valence-electron chi connectivity index (χ4n) is 1.58. The van der Waals surface area contributed by atoms with Gasteiger partial charge in [-0.1, -0.05) is 0 Å². The highest BCUT2D eigenvalue weighted by atomic mass is 35.7. The number of esters is 1. The predicted octanol–water partition coefficient (Wildman–Crippen LogP) is 2.69. The average Bonchev–Trinajstić information content (AvgIpc) is 2.25. The van der Waals surface area contributed by atoms with Gasteiger partial charge in [0.2, 0.25) is 0 Å². The van der Waals surface area contributed by atoms with Crippen LogP contribution in [0.2, 0.25) is 0 Å². The second-order valence-electron chi connectivity index (χ2n) is 5.25. The Morgan fingerprint density at radius 2 is 1.85 bits per heavy atom. The van der Waals surface area contributed by atoms with Crippen LogP contribution in [0.4, 0.5) is 0 Å². The zero-order valence-electron chi connectivity index (χ0n) is 11.6. The molecule has 110 valence electrons. The first-order valence-corrected chi connectivity index (χ1v) is 8.04. The van der Waals surface area contributed by atoms with Crippen LogP contribution in [-0.4, -0.2) is 26.3 Å². The number of rotatable bonds is 3.